The highest BCUT2D eigenvalue weighted by Gasteiger charge is 2.32. The SMILES string of the molecule is CC(C)C(NC(=O)C(CCC(=O)O)NC(=O)C(NC(=O)CN)C(C)O)C(=O)O. The number of carboxylic acids is 2. The summed E-state index contributed by atoms with van der Waals surface area (Å²) in [7, 11) is 0. The van der Waals surface area contributed by atoms with Crippen molar-refractivity contribution in [3.63, 3.8) is 0 Å². The van der Waals surface area contributed by atoms with Crippen molar-refractivity contribution in [3.05, 3.63) is 0 Å². The topological polar surface area (TPSA) is 208 Å². The van der Waals surface area contributed by atoms with E-state index in [1.54, 1.807) is 13.8 Å². The predicted octanol–water partition coefficient (Wildman–Crippen LogP) is -2.61. The molecule has 0 aromatic carbocycles. The van der Waals surface area contributed by atoms with Crippen molar-refractivity contribution >= 4 is 29.7 Å². The van der Waals surface area contributed by atoms with Gasteiger partial charge in [0.05, 0.1) is 12.6 Å². The predicted molar refractivity (Wildman–Crippen MR) is 95.9 cm³/mol. The van der Waals surface area contributed by atoms with Gasteiger partial charge in [0, 0.05) is 6.42 Å². The first-order chi connectivity index (χ1) is 12.9. The minimum atomic E-state index is -1.43. The Hall–Kier alpha value is -2.73. The summed E-state index contributed by atoms with van der Waals surface area (Å²) in [6, 6.07) is -4.07. The number of nitrogens with one attached hydrogen (secondary N) is 3. The molecule has 0 rings (SSSR count). The molecule has 0 heterocycles. The van der Waals surface area contributed by atoms with Crippen molar-refractivity contribution in [2.75, 3.05) is 6.54 Å². The van der Waals surface area contributed by atoms with Crippen LogP contribution in [0.25, 0.3) is 0 Å². The second-order valence-corrected chi connectivity index (χ2v) is 6.55. The van der Waals surface area contributed by atoms with Gasteiger partial charge in [-0.25, -0.2) is 4.79 Å². The van der Waals surface area contributed by atoms with Crippen LogP contribution in [-0.2, 0) is 24.0 Å². The zero-order valence-corrected chi connectivity index (χ0v) is 16.0. The van der Waals surface area contributed by atoms with Gasteiger partial charge in [-0.2, -0.15) is 0 Å². The summed E-state index contributed by atoms with van der Waals surface area (Å²) in [4.78, 5) is 58.3. The first-order valence-corrected chi connectivity index (χ1v) is 8.63. The van der Waals surface area contributed by atoms with Crippen molar-refractivity contribution in [1.82, 2.24) is 16.0 Å². The number of carbonyl (C=O) groups excluding carboxylic acids is 3. The molecule has 0 saturated heterocycles. The fourth-order valence-corrected chi connectivity index (χ4v) is 2.20. The van der Waals surface area contributed by atoms with Crippen molar-refractivity contribution in [1.29, 1.82) is 0 Å². The molecule has 0 spiro atoms. The molecule has 0 saturated carbocycles. The number of aliphatic carboxylic acids is 2. The van der Waals surface area contributed by atoms with Crippen molar-refractivity contribution in [2.45, 2.75) is 57.8 Å². The summed E-state index contributed by atoms with van der Waals surface area (Å²) in [5.74, 6) is -5.55. The van der Waals surface area contributed by atoms with Crippen LogP contribution in [0.1, 0.15) is 33.6 Å². The van der Waals surface area contributed by atoms with Crippen molar-refractivity contribution < 1.29 is 39.3 Å². The Morgan fingerprint density at radius 2 is 1.46 bits per heavy atom. The highest BCUT2D eigenvalue weighted by molar-refractivity contribution is 5.94. The lowest BCUT2D eigenvalue weighted by Gasteiger charge is -2.26. The molecule has 12 nitrogen and oxygen atoms in total. The van der Waals surface area contributed by atoms with E-state index < -0.39 is 72.8 Å². The quantitative estimate of drug-likeness (QED) is 0.181. The Kier molecular flexibility index (Phi) is 10.7. The number of rotatable bonds is 12. The van der Waals surface area contributed by atoms with Gasteiger partial charge in [-0.3, -0.25) is 19.2 Å². The maximum atomic E-state index is 12.4. The molecule has 0 aliphatic heterocycles. The van der Waals surface area contributed by atoms with Crippen LogP contribution in [-0.4, -0.2) is 75.8 Å². The maximum absolute atomic E-state index is 12.4. The number of carbonyl (C=O) groups is 5. The molecule has 0 radical (unpaired) electrons. The summed E-state index contributed by atoms with van der Waals surface area (Å²) < 4.78 is 0. The third-order valence-electron chi connectivity index (χ3n) is 3.78. The molecule has 0 aliphatic carbocycles. The molecule has 4 unspecified atom stereocenters. The van der Waals surface area contributed by atoms with E-state index in [0.29, 0.717) is 0 Å². The summed E-state index contributed by atoms with van der Waals surface area (Å²) in [5.41, 5.74) is 5.15. The molecule has 8 N–H and O–H groups in total. The van der Waals surface area contributed by atoms with Gasteiger partial charge in [0.15, 0.2) is 0 Å². The molecule has 0 aliphatic rings. The fraction of sp³-hybridized carbons (Fsp3) is 0.688. The van der Waals surface area contributed by atoms with Gasteiger partial charge in [0.2, 0.25) is 17.7 Å². The maximum Gasteiger partial charge on any atom is 0.326 e. The van der Waals surface area contributed by atoms with Gasteiger partial charge in [-0.15, -0.1) is 0 Å². The van der Waals surface area contributed by atoms with Gasteiger partial charge >= 0.3 is 11.9 Å². The molecule has 0 aromatic rings. The molecular weight excluding hydrogens is 376 g/mol. The number of hydrogen-bond acceptors (Lipinski definition) is 7. The van der Waals surface area contributed by atoms with E-state index in [1.807, 2.05) is 0 Å². The number of carboxylic acid groups (broad SMARTS) is 2. The van der Waals surface area contributed by atoms with Crippen molar-refractivity contribution in [2.24, 2.45) is 11.7 Å². The lowest BCUT2D eigenvalue weighted by molar-refractivity contribution is -0.144. The van der Waals surface area contributed by atoms with E-state index in [4.69, 9.17) is 10.8 Å². The monoisotopic (exact) mass is 404 g/mol. The lowest BCUT2D eigenvalue weighted by Crippen LogP contribution is -2.59. The second-order valence-electron chi connectivity index (χ2n) is 6.55. The number of aliphatic hydroxyl groups excluding tert-OH is 1. The summed E-state index contributed by atoms with van der Waals surface area (Å²) >= 11 is 0. The highest BCUT2D eigenvalue weighted by Crippen LogP contribution is 2.06. The number of aliphatic hydroxyl groups is 1. The van der Waals surface area contributed by atoms with E-state index in [1.165, 1.54) is 6.92 Å². The molecule has 0 fully saturated rings. The summed E-state index contributed by atoms with van der Waals surface area (Å²) in [6.45, 7) is 3.92. The number of amides is 3. The van der Waals surface area contributed by atoms with E-state index >= 15 is 0 Å². The number of hydrogen-bond donors (Lipinski definition) is 7. The molecule has 12 heteroatoms. The Labute approximate surface area is 161 Å². The van der Waals surface area contributed by atoms with Crippen LogP contribution in [0.3, 0.4) is 0 Å². The molecule has 160 valence electrons. The van der Waals surface area contributed by atoms with Gasteiger partial charge in [0.25, 0.3) is 0 Å². The fourth-order valence-electron chi connectivity index (χ4n) is 2.20. The average molecular weight is 404 g/mol. The van der Waals surface area contributed by atoms with E-state index in [-0.39, 0.29) is 6.42 Å². The molecule has 3 amide bonds. The zero-order chi connectivity index (χ0) is 22.0. The lowest BCUT2D eigenvalue weighted by atomic mass is 10.0. The molecular formula is C16H28N4O8. The third-order valence-corrected chi connectivity index (χ3v) is 3.78. The number of nitrogens with two attached hydrogens (primary N) is 1. The first kappa shape index (κ1) is 25.3. The summed E-state index contributed by atoms with van der Waals surface area (Å²) in [5, 5.41) is 34.4. The Morgan fingerprint density at radius 1 is 0.893 bits per heavy atom. The highest BCUT2D eigenvalue weighted by atomic mass is 16.4. The van der Waals surface area contributed by atoms with E-state index in [0.717, 1.165) is 0 Å². The molecule has 28 heavy (non-hydrogen) atoms. The second kappa shape index (κ2) is 11.9. The van der Waals surface area contributed by atoms with Crippen LogP contribution in [0.2, 0.25) is 0 Å². The molecule has 0 bridgehead atoms. The van der Waals surface area contributed by atoms with Gasteiger partial charge in [-0.1, -0.05) is 13.8 Å². The van der Waals surface area contributed by atoms with Crippen LogP contribution >= 0.6 is 0 Å². The van der Waals surface area contributed by atoms with Crippen LogP contribution in [0.4, 0.5) is 0 Å². The largest absolute Gasteiger partial charge is 0.481 e. The van der Waals surface area contributed by atoms with E-state index in [2.05, 4.69) is 16.0 Å². The van der Waals surface area contributed by atoms with Gasteiger partial charge < -0.3 is 37.0 Å². The summed E-state index contributed by atoms with van der Waals surface area (Å²) in [6.07, 6.45) is -2.14. The van der Waals surface area contributed by atoms with Gasteiger partial charge in [-0.05, 0) is 19.3 Å². The van der Waals surface area contributed by atoms with Crippen LogP contribution in [0.5, 0.6) is 0 Å². The standard InChI is InChI=1S/C16H28N4O8/c1-7(2)12(16(27)28)20-14(25)9(4-5-11(23)24)18-15(26)13(8(3)21)19-10(22)6-17/h7-9,12-13,21H,4-6,17H2,1-3H3,(H,18,26)(H,19,22)(H,20,25)(H,23,24)(H,27,28). The Bertz CT molecular complexity index is 593. The Balaban J connectivity index is 5.38. The third kappa shape index (κ3) is 8.77. The van der Waals surface area contributed by atoms with Crippen LogP contribution in [0.15, 0.2) is 0 Å². The minimum absolute atomic E-state index is 0.325. The molecule has 4 atom stereocenters. The molecule has 0 aromatic heterocycles. The average Bonchev–Trinajstić information content (AvgIpc) is 2.59. The Morgan fingerprint density at radius 3 is 1.86 bits per heavy atom. The van der Waals surface area contributed by atoms with Gasteiger partial charge in [0.1, 0.15) is 18.1 Å². The van der Waals surface area contributed by atoms with Crippen LogP contribution < -0.4 is 21.7 Å². The van der Waals surface area contributed by atoms with E-state index in [9.17, 15) is 34.2 Å². The normalized spacial score (nSPS) is 15.1. The van der Waals surface area contributed by atoms with Crippen LogP contribution in [0, 0.1) is 5.92 Å². The first-order valence-electron chi connectivity index (χ1n) is 8.63. The smallest absolute Gasteiger partial charge is 0.326 e. The minimum Gasteiger partial charge on any atom is -0.481 e. The zero-order valence-electron chi connectivity index (χ0n) is 16.0. The van der Waals surface area contributed by atoms with Crippen molar-refractivity contribution in [3.8, 4) is 0 Å².